The highest BCUT2D eigenvalue weighted by Crippen LogP contribution is 2.17. The molecule has 0 fully saturated rings. The third kappa shape index (κ3) is 4.29. The van der Waals surface area contributed by atoms with Gasteiger partial charge in [0.05, 0.1) is 5.56 Å². The molecule has 0 heterocycles. The van der Waals surface area contributed by atoms with Gasteiger partial charge in [-0.2, -0.15) is 0 Å². The highest BCUT2D eigenvalue weighted by Gasteiger charge is 2.06. The van der Waals surface area contributed by atoms with Crippen LogP contribution in [0.3, 0.4) is 0 Å². The number of aromatic hydroxyl groups is 2. The van der Waals surface area contributed by atoms with Gasteiger partial charge in [0.2, 0.25) is 0 Å². The lowest BCUT2D eigenvalue weighted by Crippen LogP contribution is -1.95. The highest BCUT2D eigenvalue weighted by molar-refractivity contribution is 6.68. The number of halogens is 1. The first-order valence-corrected chi connectivity index (χ1v) is 5.80. The summed E-state index contributed by atoms with van der Waals surface area (Å²) < 4.78 is 0. The van der Waals surface area contributed by atoms with Gasteiger partial charge in [-0.05, 0) is 35.9 Å². The summed E-state index contributed by atoms with van der Waals surface area (Å²) in [5, 5.41) is 25.6. The molecule has 0 aliphatic heterocycles. The van der Waals surface area contributed by atoms with Crippen LogP contribution >= 0.6 is 11.6 Å². The Morgan fingerprint density at radius 1 is 0.800 bits per heavy atom. The van der Waals surface area contributed by atoms with Crippen molar-refractivity contribution in [1.82, 2.24) is 0 Å². The molecule has 2 aromatic rings. The fourth-order valence-electron chi connectivity index (χ4n) is 1.29. The molecule has 104 valence electrons. The molecule has 0 aromatic heterocycles. The Balaban J connectivity index is 0.000000200. The molecular weight excluding hydrogens is 284 g/mol. The molecule has 0 unspecified atom stereocenters. The zero-order valence-electron chi connectivity index (χ0n) is 10.2. The van der Waals surface area contributed by atoms with Crippen LogP contribution in [0, 0.1) is 0 Å². The van der Waals surface area contributed by atoms with Gasteiger partial charge >= 0.3 is 5.97 Å². The number of carboxylic acid groups (broad SMARTS) is 1. The van der Waals surface area contributed by atoms with Crippen LogP contribution in [-0.4, -0.2) is 26.5 Å². The second-order valence-electron chi connectivity index (χ2n) is 3.61. The van der Waals surface area contributed by atoms with E-state index in [1.165, 1.54) is 24.3 Å². The molecule has 0 bridgehead atoms. The zero-order chi connectivity index (χ0) is 15.1. The Morgan fingerprint density at radius 2 is 1.20 bits per heavy atom. The number of hydrogen-bond donors (Lipinski definition) is 3. The predicted molar refractivity (Wildman–Crippen MR) is 73.4 cm³/mol. The zero-order valence-corrected chi connectivity index (χ0v) is 10.9. The van der Waals surface area contributed by atoms with Crippen LogP contribution in [0.25, 0.3) is 0 Å². The number of phenols is 2. The Kier molecular flexibility index (Phi) is 5.56. The Morgan fingerprint density at radius 3 is 1.45 bits per heavy atom. The van der Waals surface area contributed by atoms with Crippen molar-refractivity contribution in [3.8, 4) is 11.5 Å². The topological polar surface area (TPSA) is 94.8 Å². The predicted octanol–water partition coefficient (Wildman–Crippen LogP) is 2.86. The van der Waals surface area contributed by atoms with Gasteiger partial charge < -0.3 is 15.3 Å². The maximum absolute atomic E-state index is 10.5. The number of para-hydroxylation sites is 2. The van der Waals surface area contributed by atoms with E-state index in [1.807, 2.05) is 0 Å². The largest absolute Gasteiger partial charge is 0.507 e. The minimum Gasteiger partial charge on any atom is -0.507 e. The molecule has 2 aromatic carbocycles. The van der Waals surface area contributed by atoms with E-state index in [0.29, 0.717) is 0 Å². The van der Waals surface area contributed by atoms with E-state index < -0.39 is 11.2 Å². The molecule has 5 nitrogen and oxygen atoms in total. The number of phenolic OH excluding ortho intramolecular Hbond substituents is 1. The summed E-state index contributed by atoms with van der Waals surface area (Å²) in [6.45, 7) is 0. The number of carbonyl (C=O) groups excluding carboxylic acids is 1. The van der Waals surface area contributed by atoms with Crippen molar-refractivity contribution in [2.45, 2.75) is 0 Å². The number of carboxylic acids is 1. The molecule has 3 N–H and O–H groups in total. The van der Waals surface area contributed by atoms with Crippen molar-refractivity contribution in [3.63, 3.8) is 0 Å². The fourth-order valence-corrected chi connectivity index (χ4v) is 1.45. The van der Waals surface area contributed by atoms with Crippen LogP contribution in [0.4, 0.5) is 0 Å². The van der Waals surface area contributed by atoms with Crippen LogP contribution in [0.15, 0.2) is 48.5 Å². The van der Waals surface area contributed by atoms with E-state index in [0.717, 1.165) is 0 Å². The third-order valence-electron chi connectivity index (χ3n) is 2.25. The van der Waals surface area contributed by atoms with Crippen molar-refractivity contribution in [2.24, 2.45) is 0 Å². The molecule has 0 spiro atoms. The van der Waals surface area contributed by atoms with Gasteiger partial charge in [0, 0.05) is 0 Å². The standard InChI is InChI=1S/C7H5ClO2.C7H6O3/c8-7(10)5-3-1-2-4-6(5)9;8-6-4-2-1-3-5(6)7(9)10/h1-4,9H;1-4,8H,(H,9,10). The summed E-state index contributed by atoms with van der Waals surface area (Å²) in [4.78, 5) is 20.7. The normalized spacial score (nSPS) is 9.25. The second-order valence-corrected chi connectivity index (χ2v) is 3.96. The van der Waals surface area contributed by atoms with Gasteiger partial charge in [0.25, 0.3) is 5.24 Å². The van der Waals surface area contributed by atoms with Gasteiger partial charge in [-0.3, -0.25) is 4.79 Å². The van der Waals surface area contributed by atoms with Gasteiger partial charge in [-0.1, -0.05) is 24.3 Å². The lowest BCUT2D eigenvalue weighted by atomic mass is 10.2. The summed E-state index contributed by atoms with van der Waals surface area (Å²) in [5.74, 6) is -1.39. The van der Waals surface area contributed by atoms with Crippen LogP contribution in [0.1, 0.15) is 20.7 Å². The lowest BCUT2D eigenvalue weighted by molar-refractivity contribution is 0.0693. The first-order valence-electron chi connectivity index (χ1n) is 5.42. The van der Waals surface area contributed by atoms with Crippen LogP contribution < -0.4 is 0 Å². The van der Waals surface area contributed by atoms with E-state index >= 15 is 0 Å². The third-order valence-corrected chi connectivity index (χ3v) is 2.45. The molecule has 0 saturated carbocycles. The number of carbonyl (C=O) groups is 2. The Bertz CT molecular complexity index is 569. The minimum atomic E-state index is -1.11. The van der Waals surface area contributed by atoms with Gasteiger partial charge in [0.1, 0.15) is 17.1 Å². The van der Waals surface area contributed by atoms with Gasteiger partial charge in [-0.15, -0.1) is 0 Å². The van der Waals surface area contributed by atoms with E-state index in [4.69, 9.17) is 26.9 Å². The van der Waals surface area contributed by atoms with Crippen LogP contribution in [-0.2, 0) is 0 Å². The van der Waals surface area contributed by atoms with Crippen molar-refractivity contribution in [3.05, 3.63) is 59.7 Å². The van der Waals surface area contributed by atoms with Crippen LogP contribution in [0.5, 0.6) is 11.5 Å². The molecule has 0 saturated heterocycles. The summed E-state index contributed by atoms with van der Waals surface area (Å²) in [7, 11) is 0. The number of aromatic carboxylic acids is 1. The second kappa shape index (κ2) is 7.16. The Hall–Kier alpha value is -2.53. The fraction of sp³-hybridized carbons (Fsp3) is 0. The average molecular weight is 295 g/mol. The SMILES string of the molecule is O=C(Cl)c1ccccc1O.O=C(O)c1ccccc1O. The molecule has 0 amide bonds. The van der Waals surface area contributed by atoms with Crippen LogP contribution in [0.2, 0.25) is 0 Å². The average Bonchev–Trinajstić information content (AvgIpc) is 2.40. The molecule has 0 radical (unpaired) electrons. The first kappa shape index (κ1) is 15.5. The molecule has 0 atom stereocenters. The highest BCUT2D eigenvalue weighted by atomic mass is 35.5. The number of rotatable bonds is 2. The quantitative estimate of drug-likeness (QED) is 0.740. The van der Waals surface area contributed by atoms with E-state index in [9.17, 15) is 9.59 Å². The van der Waals surface area contributed by atoms with Crippen molar-refractivity contribution < 1.29 is 24.9 Å². The maximum atomic E-state index is 10.5. The molecule has 0 aliphatic carbocycles. The van der Waals surface area contributed by atoms with E-state index in [-0.39, 0.29) is 22.6 Å². The summed E-state index contributed by atoms with van der Waals surface area (Å²) in [5.41, 5.74) is 0.0756. The van der Waals surface area contributed by atoms with E-state index in [1.54, 1.807) is 24.3 Å². The van der Waals surface area contributed by atoms with Gasteiger partial charge in [-0.25, -0.2) is 4.79 Å². The smallest absolute Gasteiger partial charge is 0.339 e. The molecule has 6 heteroatoms. The van der Waals surface area contributed by atoms with E-state index in [2.05, 4.69) is 0 Å². The number of benzene rings is 2. The molecular formula is C14H11ClO5. The Labute approximate surface area is 119 Å². The van der Waals surface area contributed by atoms with Gasteiger partial charge in [0.15, 0.2) is 0 Å². The van der Waals surface area contributed by atoms with Crippen molar-refractivity contribution in [1.29, 1.82) is 0 Å². The molecule has 0 aliphatic rings. The van der Waals surface area contributed by atoms with Crippen molar-refractivity contribution >= 4 is 22.8 Å². The molecule has 2 rings (SSSR count). The summed E-state index contributed by atoms with van der Waals surface area (Å²) >= 11 is 5.11. The number of hydrogen-bond acceptors (Lipinski definition) is 4. The monoisotopic (exact) mass is 294 g/mol. The minimum absolute atomic E-state index is 0.0671. The summed E-state index contributed by atoms with van der Waals surface area (Å²) in [6.07, 6.45) is 0. The van der Waals surface area contributed by atoms with Crippen molar-refractivity contribution in [2.75, 3.05) is 0 Å². The lowest BCUT2D eigenvalue weighted by Gasteiger charge is -1.95. The maximum Gasteiger partial charge on any atom is 0.339 e. The first-order chi connectivity index (χ1) is 9.43. The molecule has 20 heavy (non-hydrogen) atoms. The summed E-state index contributed by atoms with van der Waals surface area (Å²) in [6, 6.07) is 11.9.